The Morgan fingerprint density at radius 2 is 2.12 bits per heavy atom. The van der Waals surface area contributed by atoms with Crippen molar-refractivity contribution in [2.24, 2.45) is 0 Å². The molecule has 0 unspecified atom stereocenters. The molecule has 1 aromatic heterocycles. The van der Waals surface area contributed by atoms with Crippen molar-refractivity contribution in [2.45, 2.75) is 25.7 Å². The number of benzene rings is 1. The van der Waals surface area contributed by atoms with E-state index >= 15 is 0 Å². The predicted octanol–water partition coefficient (Wildman–Crippen LogP) is 1.92. The minimum absolute atomic E-state index is 0.0299. The van der Waals surface area contributed by atoms with Gasteiger partial charge in [-0.1, -0.05) is 30.3 Å². The van der Waals surface area contributed by atoms with Gasteiger partial charge in [-0.15, -0.1) is 0 Å². The molecule has 126 valence electrons. The number of aromatic nitrogens is 2. The first-order valence-electron chi connectivity index (χ1n) is 8.26. The summed E-state index contributed by atoms with van der Waals surface area (Å²) in [5.74, 6) is 0.0423. The molecule has 2 amide bonds. The maximum atomic E-state index is 12.2. The van der Waals surface area contributed by atoms with Gasteiger partial charge in [0, 0.05) is 37.2 Å². The molecule has 6 nitrogen and oxygen atoms in total. The first kappa shape index (κ1) is 16.2. The van der Waals surface area contributed by atoms with Gasteiger partial charge in [0.15, 0.2) is 0 Å². The van der Waals surface area contributed by atoms with Crippen LogP contribution in [0.25, 0.3) is 11.3 Å². The van der Waals surface area contributed by atoms with Crippen molar-refractivity contribution in [3.63, 3.8) is 0 Å². The second kappa shape index (κ2) is 7.29. The quantitative estimate of drug-likeness (QED) is 0.901. The number of nitrogens with one attached hydrogen (secondary N) is 2. The Kier molecular flexibility index (Phi) is 4.93. The van der Waals surface area contributed by atoms with Gasteiger partial charge in [0.2, 0.25) is 11.8 Å². The van der Waals surface area contributed by atoms with Crippen LogP contribution in [0.5, 0.6) is 0 Å². The van der Waals surface area contributed by atoms with Crippen LogP contribution in [-0.4, -0.2) is 46.5 Å². The fourth-order valence-electron chi connectivity index (χ4n) is 3.07. The van der Waals surface area contributed by atoms with Crippen molar-refractivity contribution >= 4 is 11.8 Å². The molecular weight excluding hydrogens is 304 g/mol. The Hall–Kier alpha value is -2.63. The topological polar surface area (TPSA) is 78.1 Å². The first-order valence-corrected chi connectivity index (χ1v) is 8.26. The van der Waals surface area contributed by atoms with Crippen molar-refractivity contribution in [2.75, 3.05) is 19.6 Å². The predicted molar refractivity (Wildman–Crippen MR) is 91.3 cm³/mol. The van der Waals surface area contributed by atoms with E-state index in [0.29, 0.717) is 6.54 Å². The molecule has 1 saturated heterocycles. The van der Waals surface area contributed by atoms with E-state index in [1.807, 2.05) is 35.2 Å². The van der Waals surface area contributed by atoms with Crippen molar-refractivity contribution in [1.29, 1.82) is 0 Å². The van der Waals surface area contributed by atoms with Gasteiger partial charge in [0.25, 0.3) is 0 Å². The number of amides is 2. The van der Waals surface area contributed by atoms with Crippen LogP contribution in [0.2, 0.25) is 0 Å². The Morgan fingerprint density at radius 3 is 2.88 bits per heavy atom. The summed E-state index contributed by atoms with van der Waals surface area (Å²) in [4.78, 5) is 25.0. The van der Waals surface area contributed by atoms with Crippen molar-refractivity contribution in [3.8, 4) is 11.3 Å². The molecule has 0 aliphatic carbocycles. The maximum absolute atomic E-state index is 12.2. The largest absolute Gasteiger partial charge is 0.347 e. The molecular formula is C18H22N4O2. The zero-order valence-corrected chi connectivity index (χ0v) is 13.8. The third-order valence-corrected chi connectivity index (χ3v) is 4.37. The average molecular weight is 326 g/mol. The summed E-state index contributed by atoms with van der Waals surface area (Å²) in [6, 6.07) is 12.1. The van der Waals surface area contributed by atoms with Crippen molar-refractivity contribution in [1.82, 2.24) is 20.4 Å². The first-order chi connectivity index (χ1) is 11.6. The monoisotopic (exact) mass is 326 g/mol. The van der Waals surface area contributed by atoms with E-state index in [1.54, 1.807) is 0 Å². The highest BCUT2D eigenvalue weighted by atomic mass is 16.2. The van der Waals surface area contributed by atoms with Gasteiger partial charge < -0.3 is 10.2 Å². The van der Waals surface area contributed by atoms with E-state index in [9.17, 15) is 9.59 Å². The SMILES string of the molecule is CC(=O)NCC(=O)N1CCC[C@@H](c2cc(-c3ccccc3)n[nH]2)C1. The normalized spacial score (nSPS) is 17.5. The van der Waals surface area contributed by atoms with Crippen molar-refractivity contribution in [3.05, 3.63) is 42.1 Å². The van der Waals surface area contributed by atoms with Gasteiger partial charge in [0.1, 0.15) is 0 Å². The highest BCUT2D eigenvalue weighted by Crippen LogP contribution is 2.28. The number of H-pyrrole nitrogens is 1. The number of hydrogen-bond donors (Lipinski definition) is 2. The minimum atomic E-state index is -0.182. The van der Waals surface area contributed by atoms with Crippen LogP contribution in [0.4, 0.5) is 0 Å². The van der Waals surface area contributed by atoms with E-state index < -0.39 is 0 Å². The fourth-order valence-corrected chi connectivity index (χ4v) is 3.07. The van der Waals surface area contributed by atoms with Gasteiger partial charge in [-0.25, -0.2) is 0 Å². The summed E-state index contributed by atoms with van der Waals surface area (Å²) in [6.45, 7) is 2.89. The number of hydrogen-bond acceptors (Lipinski definition) is 3. The number of rotatable bonds is 4. The molecule has 1 fully saturated rings. The van der Waals surface area contributed by atoms with E-state index in [-0.39, 0.29) is 24.3 Å². The molecule has 6 heteroatoms. The molecule has 3 rings (SSSR count). The van der Waals surface area contributed by atoms with E-state index in [1.165, 1.54) is 6.92 Å². The van der Waals surface area contributed by atoms with Crippen LogP contribution < -0.4 is 5.32 Å². The third-order valence-electron chi connectivity index (χ3n) is 4.37. The number of likely N-dealkylation sites (tertiary alicyclic amines) is 1. The van der Waals surface area contributed by atoms with Crippen LogP contribution in [0.1, 0.15) is 31.4 Å². The number of aromatic amines is 1. The number of nitrogens with zero attached hydrogens (tertiary/aromatic N) is 2. The standard InChI is InChI=1S/C18H22N4O2/c1-13(23)19-11-18(24)22-9-5-8-15(12-22)17-10-16(20-21-17)14-6-3-2-4-7-14/h2-4,6-7,10,15H,5,8-9,11-12H2,1H3,(H,19,23)(H,20,21)/t15-/m1/s1. The molecule has 0 radical (unpaired) electrons. The molecule has 2 N–H and O–H groups in total. The second-order valence-corrected chi connectivity index (χ2v) is 6.16. The molecule has 1 aromatic carbocycles. The van der Waals surface area contributed by atoms with Gasteiger partial charge in [-0.05, 0) is 18.9 Å². The summed E-state index contributed by atoms with van der Waals surface area (Å²) in [6.07, 6.45) is 1.98. The zero-order chi connectivity index (χ0) is 16.9. The molecule has 1 aliphatic rings. The smallest absolute Gasteiger partial charge is 0.241 e. The lowest BCUT2D eigenvalue weighted by atomic mass is 9.94. The van der Waals surface area contributed by atoms with E-state index in [4.69, 9.17) is 0 Å². The fraction of sp³-hybridized carbons (Fsp3) is 0.389. The third kappa shape index (κ3) is 3.82. The summed E-state index contributed by atoms with van der Waals surface area (Å²) in [7, 11) is 0. The molecule has 1 atom stereocenters. The number of carbonyl (C=O) groups is 2. The summed E-state index contributed by atoms with van der Waals surface area (Å²) in [5.41, 5.74) is 3.06. The van der Waals surface area contributed by atoms with Crippen LogP contribution in [0, 0.1) is 0 Å². The average Bonchev–Trinajstić information content (AvgIpc) is 3.11. The maximum Gasteiger partial charge on any atom is 0.241 e. The lowest BCUT2D eigenvalue weighted by Gasteiger charge is -2.32. The second-order valence-electron chi connectivity index (χ2n) is 6.16. The summed E-state index contributed by atoms with van der Waals surface area (Å²) < 4.78 is 0. The van der Waals surface area contributed by atoms with Crippen LogP contribution in [0.3, 0.4) is 0 Å². The van der Waals surface area contributed by atoms with Gasteiger partial charge >= 0.3 is 0 Å². The zero-order valence-electron chi connectivity index (χ0n) is 13.8. The highest BCUT2D eigenvalue weighted by Gasteiger charge is 2.26. The van der Waals surface area contributed by atoms with Crippen molar-refractivity contribution < 1.29 is 9.59 Å². The highest BCUT2D eigenvalue weighted by molar-refractivity contribution is 5.83. The molecule has 2 aromatic rings. The van der Waals surface area contributed by atoms with Gasteiger partial charge in [0.05, 0.1) is 12.2 Å². The Balaban J connectivity index is 1.66. The van der Waals surface area contributed by atoms with Crippen LogP contribution in [0.15, 0.2) is 36.4 Å². The Labute approximate surface area is 141 Å². The van der Waals surface area contributed by atoms with E-state index in [0.717, 1.165) is 36.3 Å². The van der Waals surface area contributed by atoms with Crippen LogP contribution in [-0.2, 0) is 9.59 Å². The molecule has 24 heavy (non-hydrogen) atoms. The molecule has 2 heterocycles. The number of carbonyl (C=O) groups excluding carboxylic acids is 2. The van der Waals surface area contributed by atoms with Gasteiger partial charge in [-0.2, -0.15) is 5.10 Å². The molecule has 0 spiro atoms. The van der Waals surface area contributed by atoms with E-state index in [2.05, 4.69) is 21.6 Å². The Morgan fingerprint density at radius 1 is 1.33 bits per heavy atom. The molecule has 0 bridgehead atoms. The molecule has 1 aliphatic heterocycles. The van der Waals surface area contributed by atoms with Crippen LogP contribution >= 0.6 is 0 Å². The minimum Gasteiger partial charge on any atom is -0.347 e. The van der Waals surface area contributed by atoms with Gasteiger partial charge in [-0.3, -0.25) is 14.7 Å². The Bertz CT molecular complexity index is 711. The lowest BCUT2D eigenvalue weighted by molar-refractivity contribution is -0.133. The number of piperidine rings is 1. The lowest BCUT2D eigenvalue weighted by Crippen LogP contribution is -2.44. The summed E-state index contributed by atoms with van der Waals surface area (Å²) >= 11 is 0. The summed E-state index contributed by atoms with van der Waals surface area (Å²) in [5, 5.41) is 10.1. The molecule has 0 saturated carbocycles.